The molecule has 1 saturated carbocycles. The number of sulfonamides is 1. The van der Waals surface area contributed by atoms with Crippen LogP contribution >= 0.6 is 23.5 Å². The van der Waals surface area contributed by atoms with Gasteiger partial charge >= 0.3 is 0 Å². The lowest BCUT2D eigenvalue weighted by atomic mass is 10.2. The van der Waals surface area contributed by atoms with Crippen molar-refractivity contribution in [3.63, 3.8) is 0 Å². The van der Waals surface area contributed by atoms with Crippen LogP contribution in [0, 0.1) is 5.92 Å². The van der Waals surface area contributed by atoms with E-state index in [1.54, 1.807) is 32.0 Å². The van der Waals surface area contributed by atoms with Gasteiger partial charge in [-0.2, -0.15) is 11.8 Å². The van der Waals surface area contributed by atoms with Gasteiger partial charge in [0.15, 0.2) is 0 Å². The van der Waals surface area contributed by atoms with Crippen molar-refractivity contribution >= 4 is 45.1 Å². The van der Waals surface area contributed by atoms with E-state index in [1.807, 2.05) is 18.0 Å². The molecular formula is C18H28N2O3S3. The van der Waals surface area contributed by atoms with E-state index in [9.17, 15) is 13.2 Å². The normalized spacial score (nSPS) is 15.5. The zero-order valence-corrected chi connectivity index (χ0v) is 18.0. The van der Waals surface area contributed by atoms with Crippen LogP contribution in [0.3, 0.4) is 0 Å². The van der Waals surface area contributed by atoms with E-state index in [4.69, 9.17) is 0 Å². The van der Waals surface area contributed by atoms with Crippen LogP contribution < -0.4 is 10.0 Å². The second-order valence-electron chi connectivity index (χ2n) is 6.68. The van der Waals surface area contributed by atoms with Crippen molar-refractivity contribution in [3.8, 4) is 0 Å². The third kappa shape index (κ3) is 6.18. The fraction of sp³-hybridized carbons (Fsp3) is 0.611. The number of benzene rings is 1. The Morgan fingerprint density at radius 2 is 1.96 bits per heavy atom. The summed E-state index contributed by atoms with van der Waals surface area (Å²) in [6, 6.07) is 4.87. The first-order valence-corrected chi connectivity index (χ1v) is 12.7. The molecule has 2 N–H and O–H groups in total. The van der Waals surface area contributed by atoms with Gasteiger partial charge in [0.05, 0.1) is 10.6 Å². The van der Waals surface area contributed by atoms with E-state index in [2.05, 4.69) is 10.0 Å². The van der Waals surface area contributed by atoms with E-state index < -0.39 is 10.0 Å². The van der Waals surface area contributed by atoms with Gasteiger partial charge in [-0.25, -0.2) is 13.1 Å². The van der Waals surface area contributed by atoms with Gasteiger partial charge in [0.25, 0.3) is 0 Å². The van der Waals surface area contributed by atoms with Crippen LogP contribution in [0.2, 0.25) is 0 Å². The van der Waals surface area contributed by atoms with Crippen molar-refractivity contribution < 1.29 is 13.2 Å². The third-order valence-electron chi connectivity index (χ3n) is 4.31. The zero-order valence-electron chi connectivity index (χ0n) is 15.6. The predicted molar refractivity (Wildman–Crippen MR) is 112 cm³/mol. The second kappa shape index (κ2) is 10.0. The smallest absolute Gasteiger partial charge is 0.240 e. The molecule has 26 heavy (non-hydrogen) atoms. The summed E-state index contributed by atoms with van der Waals surface area (Å²) in [5, 5.41) is 3.50. The van der Waals surface area contributed by atoms with Gasteiger partial charge < -0.3 is 5.32 Å². The molecular weight excluding hydrogens is 388 g/mol. The van der Waals surface area contributed by atoms with E-state index in [0.717, 1.165) is 10.6 Å². The van der Waals surface area contributed by atoms with Gasteiger partial charge in [-0.1, -0.05) is 26.7 Å². The lowest BCUT2D eigenvalue weighted by Crippen LogP contribution is -2.26. The summed E-state index contributed by atoms with van der Waals surface area (Å²) < 4.78 is 27.8. The summed E-state index contributed by atoms with van der Waals surface area (Å²) in [6.07, 6.45) is 6.96. The van der Waals surface area contributed by atoms with Crippen LogP contribution in [0.15, 0.2) is 28.0 Å². The molecule has 0 bridgehead atoms. The molecule has 1 aromatic rings. The molecule has 0 atom stereocenters. The SMILES string of the molecule is CSc1ccc(S(=O)(=O)NCCSC2CCCC2)cc1NC(=O)C(C)C. The first-order valence-electron chi connectivity index (χ1n) is 8.93. The molecule has 8 heteroatoms. The molecule has 1 amide bonds. The Hall–Kier alpha value is -0.700. The minimum Gasteiger partial charge on any atom is -0.325 e. The van der Waals surface area contributed by atoms with Crippen molar-refractivity contribution in [2.24, 2.45) is 5.92 Å². The Bertz CT molecular complexity index is 714. The van der Waals surface area contributed by atoms with Crippen molar-refractivity contribution in [2.75, 3.05) is 23.9 Å². The van der Waals surface area contributed by atoms with E-state index in [1.165, 1.54) is 37.4 Å². The number of carbonyl (C=O) groups excluding carboxylic acids is 1. The lowest BCUT2D eigenvalue weighted by Gasteiger charge is -2.14. The minimum absolute atomic E-state index is 0.129. The number of carbonyl (C=O) groups is 1. The van der Waals surface area contributed by atoms with E-state index in [0.29, 0.717) is 17.5 Å². The van der Waals surface area contributed by atoms with Crippen molar-refractivity contribution in [2.45, 2.75) is 54.6 Å². The van der Waals surface area contributed by atoms with Crippen LogP contribution in [0.4, 0.5) is 5.69 Å². The molecule has 0 radical (unpaired) electrons. The first kappa shape index (κ1) is 21.6. The van der Waals surface area contributed by atoms with Gasteiger partial charge in [-0.05, 0) is 37.3 Å². The Balaban J connectivity index is 2.01. The molecule has 0 aliphatic heterocycles. The molecule has 0 heterocycles. The Morgan fingerprint density at radius 3 is 2.58 bits per heavy atom. The lowest BCUT2D eigenvalue weighted by molar-refractivity contribution is -0.118. The second-order valence-corrected chi connectivity index (χ2v) is 10.7. The van der Waals surface area contributed by atoms with Crippen LogP contribution in [0.1, 0.15) is 39.5 Å². The van der Waals surface area contributed by atoms with Gasteiger partial charge in [0, 0.05) is 28.4 Å². The number of hydrogen-bond acceptors (Lipinski definition) is 5. The largest absolute Gasteiger partial charge is 0.325 e. The summed E-state index contributed by atoms with van der Waals surface area (Å²) in [6.45, 7) is 4.03. The van der Waals surface area contributed by atoms with Gasteiger partial charge in [0.1, 0.15) is 0 Å². The molecule has 1 aliphatic carbocycles. The molecule has 1 fully saturated rings. The Labute approximate surface area is 165 Å². The monoisotopic (exact) mass is 416 g/mol. The summed E-state index contributed by atoms with van der Waals surface area (Å²) >= 11 is 3.32. The summed E-state index contributed by atoms with van der Waals surface area (Å²) in [4.78, 5) is 13.0. The summed E-state index contributed by atoms with van der Waals surface area (Å²) in [7, 11) is -3.58. The maximum Gasteiger partial charge on any atom is 0.240 e. The van der Waals surface area contributed by atoms with Crippen molar-refractivity contribution in [1.82, 2.24) is 4.72 Å². The molecule has 146 valence electrons. The summed E-state index contributed by atoms with van der Waals surface area (Å²) in [5.74, 6) is 0.482. The fourth-order valence-electron chi connectivity index (χ4n) is 2.77. The molecule has 2 rings (SSSR count). The summed E-state index contributed by atoms with van der Waals surface area (Å²) in [5.41, 5.74) is 0.541. The molecule has 1 aromatic carbocycles. The average Bonchev–Trinajstić information content (AvgIpc) is 3.12. The zero-order chi connectivity index (χ0) is 19.2. The fourth-order valence-corrected chi connectivity index (χ4v) is 5.71. The third-order valence-corrected chi connectivity index (χ3v) is 7.95. The molecule has 5 nitrogen and oxygen atoms in total. The topological polar surface area (TPSA) is 75.3 Å². The van der Waals surface area contributed by atoms with Crippen LogP contribution in [0.25, 0.3) is 0 Å². The Morgan fingerprint density at radius 1 is 1.27 bits per heavy atom. The number of amides is 1. The maximum absolute atomic E-state index is 12.6. The number of thioether (sulfide) groups is 2. The van der Waals surface area contributed by atoms with E-state index >= 15 is 0 Å². The van der Waals surface area contributed by atoms with Crippen molar-refractivity contribution in [3.05, 3.63) is 18.2 Å². The van der Waals surface area contributed by atoms with Gasteiger partial charge in [-0.15, -0.1) is 11.8 Å². The van der Waals surface area contributed by atoms with Crippen LogP contribution in [-0.4, -0.2) is 38.1 Å². The van der Waals surface area contributed by atoms with Gasteiger partial charge in [0.2, 0.25) is 15.9 Å². The average molecular weight is 417 g/mol. The highest BCUT2D eigenvalue weighted by molar-refractivity contribution is 8.00. The van der Waals surface area contributed by atoms with Gasteiger partial charge in [-0.3, -0.25) is 4.79 Å². The molecule has 0 spiro atoms. The highest BCUT2D eigenvalue weighted by Gasteiger charge is 2.19. The van der Waals surface area contributed by atoms with Crippen LogP contribution in [0.5, 0.6) is 0 Å². The standard InChI is InChI=1S/C18H28N2O3S3/c1-13(2)18(21)20-16-12-15(8-9-17(16)24-3)26(22,23)19-10-11-25-14-6-4-5-7-14/h8-9,12-14,19H,4-7,10-11H2,1-3H3,(H,20,21). The molecule has 0 aromatic heterocycles. The maximum atomic E-state index is 12.6. The number of rotatable bonds is 9. The molecule has 0 unspecified atom stereocenters. The Kier molecular flexibility index (Phi) is 8.32. The predicted octanol–water partition coefficient (Wildman–Crippen LogP) is 3.96. The molecule has 1 aliphatic rings. The number of hydrogen-bond donors (Lipinski definition) is 2. The van der Waals surface area contributed by atoms with Crippen molar-refractivity contribution in [1.29, 1.82) is 0 Å². The minimum atomic E-state index is -3.58. The number of nitrogens with one attached hydrogen (secondary N) is 2. The van der Waals surface area contributed by atoms with E-state index in [-0.39, 0.29) is 16.7 Å². The first-order chi connectivity index (χ1) is 12.3. The molecule has 0 saturated heterocycles. The highest BCUT2D eigenvalue weighted by Crippen LogP contribution is 2.30. The highest BCUT2D eigenvalue weighted by atomic mass is 32.2. The van der Waals surface area contributed by atoms with Crippen LogP contribution in [-0.2, 0) is 14.8 Å². The quantitative estimate of drug-likeness (QED) is 0.471. The number of anilines is 1.